The number of rotatable bonds is 20. The van der Waals surface area contributed by atoms with Crippen molar-refractivity contribution < 1.29 is 33.8 Å². The first-order valence-electron chi connectivity index (χ1n) is 23.5. The Bertz CT molecular complexity index is 2680. The molecular weight excluding hydrogens is 952 g/mol. The number of hydrogen-bond acceptors (Lipinski definition) is 14. The van der Waals surface area contributed by atoms with Gasteiger partial charge in [0.1, 0.15) is 35.6 Å². The Morgan fingerprint density at radius 1 is 0.929 bits per heavy atom. The topological polar surface area (TPSA) is 214 Å². The summed E-state index contributed by atoms with van der Waals surface area (Å²) in [6, 6.07) is 12.6. The number of nitrogens with zero attached hydrogens (tertiary/aromatic N) is 6. The van der Waals surface area contributed by atoms with Gasteiger partial charge < -0.3 is 40.7 Å². The minimum atomic E-state index is -0.997. The van der Waals surface area contributed by atoms with Crippen LogP contribution in [-0.4, -0.2) is 130 Å². The molecule has 70 heavy (non-hydrogen) atoms. The molecule has 5 heterocycles. The number of nitrogens with one attached hydrogen (secondary N) is 4. The van der Waals surface area contributed by atoms with Crippen LogP contribution in [0.1, 0.15) is 96.6 Å². The van der Waals surface area contributed by atoms with E-state index in [0.717, 1.165) is 54.0 Å². The maximum Gasteiger partial charge on any atom is 0.246 e. The van der Waals surface area contributed by atoms with E-state index < -0.39 is 53.4 Å². The largest absolute Gasteiger partial charge is 0.391 e. The van der Waals surface area contributed by atoms with E-state index in [-0.39, 0.29) is 51.7 Å². The molecule has 7 rings (SSSR count). The van der Waals surface area contributed by atoms with Crippen LogP contribution in [0.25, 0.3) is 15.4 Å². The second-order valence-electron chi connectivity index (χ2n) is 18.7. The Balaban J connectivity index is 0.852. The average Bonchev–Trinajstić information content (AvgIpc) is 4.09. The lowest BCUT2D eigenvalue weighted by atomic mass is 9.85. The molecule has 0 radical (unpaired) electrons. The summed E-state index contributed by atoms with van der Waals surface area (Å²) < 4.78 is 13.4. The highest BCUT2D eigenvalue weighted by atomic mass is 35.5. The summed E-state index contributed by atoms with van der Waals surface area (Å²) in [6.07, 6.45) is -0.300. The van der Waals surface area contributed by atoms with Crippen LogP contribution in [0.4, 0.5) is 0 Å². The second-order valence-corrected chi connectivity index (χ2v) is 21.2. The molecule has 0 spiro atoms. The van der Waals surface area contributed by atoms with Crippen molar-refractivity contribution in [2.75, 3.05) is 53.1 Å². The number of fused-ring (bicyclic) bond motifs is 3. The molecule has 0 bridgehead atoms. The van der Waals surface area contributed by atoms with Gasteiger partial charge >= 0.3 is 0 Å². The summed E-state index contributed by atoms with van der Waals surface area (Å²) in [4.78, 5) is 67.8. The monoisotopic (exact) mass is 1010 g/mol. The number of aryl methyl sites for hydroxylation is 3. The van der Waals surface area contributed by atoms with Crippen molar-refractivity contribution in [2.45, 2.75) is 98.0 Å². The zero-order chi connectivity index (χ0) is 50.3. The van der Waals surface area contributed by atoms with Gasteiger partial charge in [0, 0.05) is 60.3 Å². The number of aliphatic hydroxyl groups is 1. The Morgan fingerprint density at radius 2 is 1.64 bits per heavy atom. The molecule has 2 aliphatic rings. The van der Waals surface area contributed by atoms with Crippen LogP contribution in [0.15, 0.2) is 59.0 Å². The van der Waals surface area contributed by atoms with E-state index in [2.05, 4.69) is 50.3 Å². The number of carbonyl (C=O) groups is 4. The van der Waals surface area contributed by atoms with E-state index >= 15 is 0 Å². The number of halogens is 1. The van der Waals surface area contributed by atoms with Crippen molar-refractivity contribution in [2.24, 2.45) is 10.4 Å². The number of thiazole rings is 1. The van der Waals surface area contributed by atoms with Crippen LogP contribution in [-0.2, 0) is 28.7 Å². The predicted octanol–water partition coefficient (Wildman–Crippen LogP) is 5.73. The van der Waals surface area contributed by atoms with Crippen molar-refractivity contribution in [1.29, 1.82) is 0 Å². The molecule has 17 nitrogen and oxygen atoms in total. The maximum absolute atomic E-state index is 14.2. The fraction of sp³-hybridized carbons (Fsp3) is 0.480. The second kappa shape index (κ2) is 23.2. The first-order chi connectivity index (χ1) is 33.4. The Labute approximate surface area is 421 Å². The molecule has 4 amide bonds. The van der Waals surface area contributed by atoms with Crippen molar-refractivity contribution in [1.82, 2.24) is 45.9 Å². The molecule has 5 aromatic rings. The summed E-state index contributed by atoms with van der Waals surface area (Å²) in [5.41, 5.74) is 7.72. The van der Waals surface area contributed by atoms with Gasteiger partial charge in [-0.05, 0) is 75.4 Å². The predicted molar refractivity (Wildman–Crippen MR) is 272 cm³/mol. The Kier molecular flexibility index (Phi) is 17.4. The van der Waals surface area contributed by atoms with Gasteiger partial charge in [-0.2, -0.15) is 0 Å². The molecule has 0 saturated carbocycles. The minimum absolute atomic E-state index is 0.0418. The number of carbonyl (C=O) groups excluding carboxylic acids is 4. The number of likely N-dealkylation sites (N-methyl/N-ethyl adjacent to an activating group) is 1. The molecule has 1 fully saturated rings. The highest BCUT2D eigenvalue weighted by Crippen LogP contribution is 2.40. The normalized spacial score (nSPS) is 17.5. The number of likely N-dealkylation sites (tertiary alicyclic amines) is 1. The highest BCUT2D eigenvalue weighted by Gasteiger charge is 2.45. The average molecular weight is 1020 g/mol. The van der Waals surface area contributed by atoms with E-state index in [1.54, 1.807) is 29.7 Å². The van der Waals surface area contributed by atoms with E-state index in [1.807, 2.05) is 93.2 Å². The lowest BCUT2D eigenvalue weighted by Crippen LogP contribution is -2.58. The van der Waals surface area contributed by atoms with Gasteiger partial charge in [-0.3, -0.25) is 28.7 Å². The number of β-amino-alcohol motifs (C(OH)–C–C–N with tert-alkyl or cyclic N) is 1. The van der Waals surface area contributed by atoms with E-state index in [0.29, 0.717) is 36.2 Å². The van der Waals surface area contributed by atoms with Crippen LogP contribution in [0.2, 0.25) is 5.02 Å². The van der Waals surface area contributed by atoms with Crippen LogP contribution < -0.4 is 21.3 Å². The molecule has 1 unspecified atom stereocenters. The number of amides is 4. The van der Waals surface area contributed by atoms with E-state index in [9.17, 15) is 24.3 Å². The van der Waals surface area contributed by atoms with Crippen molar-refractivity contribution in [3.63, 3.8) is 0 Å². The number of aromatic nitrogens is 4. The van der Waals surface area contributed by atoms with Gasteiger partial charge in [0.15, 0.2) is 5.82 Å². The summed E-state index contributed by atoms with van der Waals surface area (Å²) in [7, 11) is 1.80. The summed E-state index contributed by atoms with van der Waals surface area (Å²) in [5, 5.41) is 33.2. The Hall–Kier alpha value is -5.41. The van der Waals surface area contributed by atoms with Crippen LogP contribution in [0, 0.1) is 33.1 Å². The van der Waals surface area contributed by atoms with Gasteiger partial charge in [-0.1, -0.05) is 68.8 Å². The maximum atomic E-state index is 14.2. The number of hydrogen-bond donors (Lipinski definition) is 5. The minimum Gasteiger partial charge on any atom is -0.391 e. The number of aliphatic imine (C=N–C) groups is 1. The summed E-state index contributed by atoms with van der Waals surface area (Å²) in [5.74, 6) is -0.242. The zero-order valence-corrected chi connectivity index (χ0v) is 43.3. The fourth-order valence-corrected chi connectivity index (χ4v) is 10.8. The molecule has 3 aromatic heterocycles. The van der Waals surface area contributed by atoms with Gasteiger partial charge in [-0.15, -0.1) is 32.9 Å². The Morgan fingerprint density at radius 3 is 2.33 bits per heavy atom. The molecule has 1 saturated heterocycles. The number of aliphatic hydroxyl groups excluding tert-OH is 1. The summed E-state index contributed by atoms with van der Waals surface area (Å²) >= 11 is 9.46. The molecule has 0 aliphatic carbocycles. The standard InChI is InChI=1S/C50H63ClN10O7S2/c1-28-30(3)70-49-42(28)43(33-14-16-35(51)17-15-33)55-37(46-59-58-31(4)61(46)49)23-40(63)53-18-21-67-19-9-20-68-26-41(64)57-45(50(5,6)7)48(66)60-25-36(62)22-39(60)47(65)56-38(24-52-8)32-10-12-34(13-11-32)44-29(2)54-27-69-44/h10-17,27,36-39,45,52,62H,9,18-26H2,1-8H3,(H,53,63)(H,56,65)(H,57,64)/t36-,37?,38+,39+,45-/m1/s1. The van der Waals surface area contributed by atoms with E-state index in [1.165, 1.54) is 4.90 Å². The fourth-order valence-electron chi connectivity index (χ4n) is 8.67. The van der Waals surface area contributed by atoms with Crippen molar-refractivity contribution >= 4 is 63.6 Å². The van der Waals surface area contributed by atoms with E-state index in [4.69, 9.17) is 26.1 Å². The van der Waals surface area contributed by atoms with Crippen molar-refractivity contribution in [3.8, 4) is 15.4 Å². The molecule has 20 heteroatoms. The van der Waals surface area contributed by atoms with Gasteiger partial charge in [0.2, 0.25) is 23.6 Å². The third-order valence-electron chi connectivity index (χ3n) is 12.4. The molecule has 374 valence electrons. The number of ether oxygens (including phenoxy) is 2. The third-order valence-corrected chi connectivity index (χ3v) is 14.9. The molecule has 2 aliphatic heterocycles. The molecular formula is C50H63ClN10O7S2. The van der Waals surface area contributed by atoms with Crippen molar-refractivity contribution in [3.05, 3.63) is 104 Å². The van der Waals surface area contributed by atoms with Gasteiger partial charge in [-0.25, -0.2) is 4.98 Å². The SMILES string of the molecule is CNC[C@H](NC(=O)[C@@H]1C[C@@H](O)CN1C(=O)[C@@H](NC(=O)COCCCOCCNC(=O)CC1N=C(c2ccc(Cl)cc2)c2c(sc(C)c2C)-n2c(C)nnc21)C(C)(C)C)c1ccc(-c2scnc2C)cc1. The quantitative estimate of drug-likeness (QED) is 0.0594. The van der Waals surface area contributed by atoms with Gasteiger partial charge in [0.25, 0.3) is 0 Å². The van der Waals surface area contributed by atoms with Crippen LogP contribution in [0.5, 0.6) is 0 Å². The third kappa shape index (κ3) is 12.4. The number of benzene rings is 2. The summed E-state index contributed by atoms with van der Waals surface area (Å²) in [6.45, 7) is 14.7. The smallest absolute Gasteiger partial charge is 0.246 e. The number of thiophene rings is 1. The lowest BCUT2D eigenvalue weighted by Gasteiger charge is -2.35. The first kappa shape index (κ1) is 52.4. The molecule has 2 aromatic carbocycles. The molecule has 5 atom stereocenters. The first-order valence-corrected chi connectivity index (χ1v) is 25.5. The zero-order valence-electron chi connectivity index (χ0n) is 40.9. The van der Waals surface area contributed by atoms with Gasteiger partial charge in [0.05, 0.1) is 47.0 Å². The highest BCUT2D eigenvalue weighted by molar-refractivity contribution is 7.15. The molecule has 5 N–H and O–H groups in total. The van der Waals surface area contributed by atoms with Crippen LogP contribution in [0.3, 0.4) is 0 Å². The lowest BCUT2D eigenvalue weighted by molar-refractivity contribution is -0.144. The van der Waals surface area contributed by atoms with Crippen LogP contribution >= 0.6 is 34.3 Å².